The summed E-state index contributed by atoms with van der Waals surface area (Å²) in [6, 6.07) is 5.45. The number of H-pyrrole nitrogens is 2. The van der Waals surface area contributed by atoms with Gasteiger partial charge in [0.15, 0.2) is 4.77 Å². The van der Waals surface area contributed by atoms with Crippen molar-refractivity contribution in [3.05, 3.63) is 22.5 Å². The largest absolute Gasteiger partial charge is 0.494 e. The van der Waals surface area contributed by atoms with E-state index in [0.29, 0.717) is 16.1 Å². The quantitative estimate of drug-likeness (QED) is 0.701. The van der Waals surface area contributed by atoms with Crippen LogP contribution in [0.4, 0.5) is 0 Å². The number of ether oxygens (including phenoxy) is 1. The zero-order valence-corrected chi connectivity index (χ0v) is 8.23. The van der Waals surface area contributed by atoms with E-state index in [9.17, 15) is 0 Å². The molecular formula is C9H7N3OS. The summed E-state index contributed by atoms with van der Waals surface area (Å²) >= 11 is 4.95. The van der Waals surface area contributed by atoms with Gasteiger partial charge in [0.2, 0.25) is 0 Å². The summed E-state index contributed by atoms with van der Waals surface area (Å²) in [4.78, 5) is 5.89. The third-order valence-corrected chi connectivity index (χ3v) is 2.14. The third-order valence-electron chi connectivity index (χ3n) is 1.94. The van der Waals surface area contributed by atoms with Crippen molar-refractivity contribution in [2.75, 3.05) is 7.11 Å². The molecule has 2 N–H and O–H groups in total. The first-order chi connectivity index (χ1) is 6.74. The number of hydrogen-bond donors (Lipinski definition) is 2. The highest BCUT2D eigenvalue weighted by Crippen LogP contribution is 2.24. The fourth-order valence-corrected chi connectivity index (χ4v) is 1.55. The van der Waals surface area contributed by atoms with Crippen LogP contribution in [0.5, 0.6) is 5.75 Å². The predicted octanol–water partition coefficient (Wildman–Crippen LogP) is 2.11. The van der Waals surface area contributed by atoms with Crippen LogP contribution in [0, 0.1) is 16.1 Å². The fourth-order valence-electron chi connectivity index (χ4n) is 1.34. The zero-order chi connectivity index (χ0) is 10.1. The van der Waals surface area contributed by atoms with Gasteiger partial charge >= 0.3 is 0 Å². The van der Waals surface area contributed by atoms with Gasteiger partial charge in [-0.2, -0.15) is 5.26 Å². The van der Waals surface area contributed by atoms with Crippen LogP contribution in [0.3, 0.4) is 0 Å². The first-order valence-corrected chi connectivity index (χ1v) is 4.35. The lowest BCUT2D eigenvalue weighted by molar-refractivity contribution is 0.419. The lowest BCUT2D eigenvalue weighted by Crippen LogP contribution is -1.86. The topological polar surface area (TPSA) is 64.6 Å². The third kappa shape index (κ3) is 1.26. The van der Waals surface area contributed by atoms with Crippen LogP contribution in [-0.4, -0.2) is 17.1 Å². The molecule has 0 unspecified atom stereocenters. The molecule has 14 heavy (non-hydrogen) atoms. The molecule has 70 valence electrons. The average molecular weight is 205 g/mol. The Morgan fingerprint density at radius 2 is 2.21 bits per heavy atom. The van der Waals surface area contributed by atoms with E-state index in [-0.39, 0.29) is 0 Å². The molecule has 0 aliphatic carbocycles. The Morgan fingerprint density at radius 3 is 2.86 bits per heavy atom. The summed E-state index contributed by atoms with van der Waals surface area (Å²) in [5.41, 5.74) is 2.11. The van der Waals surface area contributed by atoms with Crippen LogP contribution < -0.4 is 4.74 Å². The lowest BCUT2D eigenvalue weighted by atomic mass is 10.2. The number of aromatic amines is 2. The highest BCUT2D eigenvalue weighted by molar-refractivity contribution is 7.71. The van der Waals surface area contributed by atoms with Gasteiger partial charge in [0.25, 0.3) is 0 Å². The number of fused-ring (bicyclic) bond motifs is 1. The average Bonchev–Trinajstić information content (AvgIpc) is 2.56. The maximum atomic E-state index is 8.77. The van der Waals surface area contributed by atoms with Crippen molar-refractivity contribution in [2.45, 2.75) is 0 Å². The van der Waals surface area contributed by atoms with Crippen molar-refractivity contribution in [3.8, 4) is 11.8 Å². The Balaban J connectivity index is 2.87. The van der Waals surface area contributed by atoms with E-state index in [1.165, 1.54) is 0 Å². The van der Waals surface area contributed by atoms with Crippen LogP contribution in [0.15, 0.2) is 12.1 Å². The smallest absolute Gasteiger partial charge is 0.175 e. The molecule has 0 fully saturated rings. The van der Waals surface area contributed by atoms with Crippen LogP contribution >= 0.6 is 12.2 Å². The normalized spacial score (nSPS) is 10.0. The summed E-state index contributed by atoms with van der Waals surface area (Å²) in [5, 5.41) is 8.77. The molecule has 0 bridgehead atoms. The molecule has 0 radical (unpaired) electrons. The van der Waals surface area contributed by atoms with E-state index in [1.807, 2.05) is 0 Å². The number of nitrogens with one attached hydrogen (secondary N) is 2. The number of aromatic nitrogens is 2. The van der Waals surface area contributed by atoms with E-state index >= 15 is 0 Å². The summed E-state index contributed by atoms with van der Waals surface area (Å²) in [5.74, 6) is 0.617. The van der Waals surface area contributed by atoms with Crippen LogP contribution in [0.1, 0.15) is 5.56 Å². The minimum atomic E-state index is 0.522. The molecule has 0 aliphatic heterocycles. The summed E-state index contributed by atoms with van der Waals surface area (Å²) in [7, 11) is 1.56. The molecule has 4 nitrogen and oxygen atoms in total. The van der Waals surface area contributed by atoms with E-state index in [4.69, 9.17) is 22.2 Å². The van der Waals surface area contributed by atoms with Gasteiger partial charge in [-0.05, 0) is 18.3 Å². The number of imidazole rings is 1. The molecule has 0 aliphatic rings. The Morgan fingerprint density at radius 1 is 1.43 bits per heavy atom. The number of rotatable bonds is 1. The summed E-state index contributed by atoms with van der Waals surface area (Å²) in [6.07, 6.45) is 0. The number of nitriles is 1. The second kappa shape index (κ2) is 3.16. The van der Waals surface area contributed by atoms with Gasteiger partial charge in [0, 0.05) is 6.07 Å². The standard InChI is InChI=1S/C9H7N3OS/c1-13-7-3-5(4-10)2-6-8(7)12-9(14)11-6/h2-3H,1H3,(H2,11,12,14). The Bertz CT molecular complexity index is 576. The van der Waals surface area contributed by atoms with Crippen molar-refractivity contribution >= 4 is 23.3 Å². The second-order valence-corrected chi connectivity index (χ2v) is 3.20. The molecule has 1 aromatic carbocycles. The first kappa shape index (κ1) is 8.78. The van der Waals surface area contributed by atoms with Gasteiger partial charge in [0.05, 0.1) is 24.3 Å². The lowest BCUT2D eigenvalue weighted by Gasteiger charge is -2.00. The number of hydrogen-bond acceptors (Lipinski definition) is 3. The monoisotopic (exact) mass is 205 g/mol. The Labute approximate surface area is 85.1 Å². The van der Waals surface area contributed by atoms with Gasteiger partial charge in [0.1, 0.15) is 11.3 Å². The van der Waals surface area contributed by atoms with Crippen molar-refractivity contribution < 1.29 is 4.74 Å². The van der Waals surface area contributed by atoms with E-state index in [1.54, 1.807) is 19.2 Å². The fraction of sp³-hybridized carbons (Fsp3) is 0.111. The predicted molar refractivity (Wildman–Crippen MR) is 54.8 cm³/mol. The first-order valence-electron chi connectivity index (χ1n) is 3.94. The molecule has 0 amide bonds. The van der Waals surface area contributed by atoms with Gasteiger partial charge in [-0.1, -0.05) is 0 Å². The molecule has 5 heteroatoms. The minimum Gasteiger partial charge on any atom is -0.494 e. The number of benzene rings is 1. The van der Waals surface area contributed by atoms with Crippen molar-refractivity contribution in [3.63, 3.8) is 0 Å². The Kier molecular flexibility index (Phi) is 1.98. The molecule has 1 heterocycles. The van der Waals surface area contributed by atoms with Gasteiger partial charge < -0.3 is 14.7 Å². The highest BCUT2D eigenvalue weighted by Gasteiger charge is 2.05. The summed E-state index contributed by atoms with van der Waals surface area (Å²) in [6.45, 7) is 0. The van der Waals surface area contributed by atoms with Crippen molar-refractivity contribution in [1.82, 2.24) is 9.97 Å². The molecule has 0 saturated heterocycles. The van der Waals surface area contributed by atoms with Crippen molar-refractivity contribution in [2.24, 2.45) is 0 Å². The molecular weight excluding hydrogens is 198 g/mol. The van der Waals surface area contributed by atoms with E-state index in [0.717, 1.165) is 11.0 Å². The van der Waals surface area contributed by atoms with Gasteiger partial charge in [-0.25, -0.2) is 0 Å². The maximum Gasteiger partial charge on any atom is 0.175 e. The van der Waals surface area contributed by atoms with Crippen LogP contribution in [-0.2, 0) is 0 Å². The molecule has 0 saturated carbocycles. The van der Waals surface area contributed by atoms with E-state index < -0.39 is 0 Å². The molecule has 2 rings (SSSR count). The molecule has 0 spiro atoms. The molecule has 1 aromatic heterocycles. The second-order valence-electron chi connectivity index (χ2n) is 2.79. The SMILES string of the molecule is COc1cc(C#N)cc2[nH]c(=S)[nH]c12. The number of methoxy groups -OCH3 is 1. The van der Waals surface area contributed by atoms with Crippen molar-refractivity contribution in [1.29, 1.82) is 5.26 Å². The van der Waals surface area contributed by atoms with Crippen LogP contribution in [0.2, 0.25) is 0 Å². The Hall–Kier alpha value is -1.80. The number of nitrogens with zero attached hydrogens (tertiary/aromatic N) is 1. The van der Waals surface area contributed by atoms with E-state index in [2.05, 4.69) is 16.0 Å². The maximum absolute atomic E-state index is 8.77. The molecule has 0 atom stereocenters. The minimum absolute atomic E-state index is 0.522. The van der Waals surface area contributed by atoms with Gasteiger partial charge in [-0.15, -0.1) is 0 Å². The molecule has 2 aromatic rings. The van der Waals surface area contributed by atoms with Crippen LogP contribution in [0.25, 0.3) is 11.0 Å². The van der Waals surface area contributed by atoms with Gasteiger partial charge in [-0.3, -0.25) is 0 Å². The summed E-state index contributed by atoms with van der Waals surface area (Å²) < 4.78 is 5.66. The highest BCUT2D eigenvalue weighted by atomic mass is 32.1. The zero-order valence-electron chi connectivity index (χ0n) is 7.42.